The van der Waals surface area contributed by atoms with Gasteiger partial charge in [0.25, 0.3) is 15.9 Å². The molecule has 0 fully saturated rings. The molecule has 5 aromatic rings. The lowest BCUT2D eigenvalue weighted by Crippen LogP contribution is -2.39. The van der Waals surface area contributed by atoms with Crippen molar-refractivity contribution in [3.8, 4) is 0 Å². The van der Waals surface area contributed by atoms with E-state index in [2.05, 4.69) is 16.6 Å². The molecule has 0 saturated carbocycles. The molecule has 0 atom stereocenters. The summed E-state index contributed by atoms with van der Waals surface area (Å²) in [6.45, 7) is 3.36. The highest BCUT2D eigenvalue weighted by Gasteiger charge is 2.27. The average molecular weight is 522 g/mol. The first-order valence-electron chi connectivity index (χ1n) is 12.2. The van der Waals surface area contributed by atoms with E-state index in [-0.39, 0.29) is 4.90 Å². The van der Waals surface area contributed by atoms with E-state index in [1.54, 1.807) is 36.5 Å². The van der Waals surface area contributed by atoms with Gasteiger partial charge in [0.05, 0.1) is 16.8 Å². The largest absolute Gasteiger partial charge is 0.271 e. The zero-order valence-electron chi connectivity index (χ0n) is 21.1. The number of benzene rings is 5. The summed E-state index contributed by atoms with van der Waals surface area (Å²) in [6, 6.07) is 31.7. The van der Waals surface area contributed by atoms with Crippen LogP contribution < -0.4 is 9.73 Å². The summed E-state index contributed by atoms with van der Waals surface area (Å²) in [5.74, 6) is -0.551. The first-order chi connectivity index (χ1) is 18.3. The fourth-order valence-electron chi connectivity index (χ4n) is 4.65. The SMILES string of the molecule is Cc1cc(C)cc(N(CC(=O)N/N=C\c2c3ccccc3cc3ccccc23)S(=O)(=O)c2ccccc2)c1. The van der Waals surface area contributed by atoms with Gasteiger partial charge in [0.1, 0.15) is 6.54 Å². The molecular weight excluding hydrogens is 494 g/mol. The second kappa shape index (κ2) is 10.5. The highest BCUT2D eigenvalue weighted by molar-refractivity contribution is 7.92. The zero-order chi connectivity index (χ0) is 26.7. The third-order valence-corrected chi connectivity index (χ3v) is 8.10. The summed E-state index contributed by atoms with van der Waals surface area (Å²) >= 11 is 0. The molecule has 1 N–H and O–H groups in total. The van der Waals surface area contributed by atoms with E-state index in [1.807, 2.05) is 68.4 Å². The van der Waals surface area contributed by atoms with E-state index in [9.17, 15) is 13.2 Å². The molecule has 0 saturated heterocycles. The molecule has 0 aliphatic carbocycles. The van der Waals surface area contributed by atoms with Crippen LogP contribution in [0.4, 0.5) is 5.69 Å². The number of fused-ring (bicyclic) bond motifs is 2. The van der Waals surface area contributed by atoms with Crippen molar-refractivity contribution in [2.24, 2.45) is 5.10 Å². The number of nitrogens with zero attached hydrogens (tertiary/aromatic N) is 2. The summed E-state index contributed by atoms with van der Waals surface area (Å²) < 4.78 is 28.3. The van der Waals surface area contributed by atoms with Gasteiger partial charge in [0.2, 0.25) is 0 Å². The zero-order valence-corrected chi connectivity index (χ0v) is 21.9. The van der Waals surface area contributed by atoms with Crippen molar-refractivity contribution in [3.05, 3.63) is 120 Å². The minimum Gasteiger partial charge on any atom is -0.271 e. The van der Waals surface area contributed by atoms with Gasteiger partial charge in [-0.05, 0) is 76.9 Å². The predicted octanol–water partition coefficient (Wildman–Crippen LogP) is 5.96. The minimum absolute atomic E-state index is 0.109. The van der Waals surface area contributed by atoms with E-state index >= 15 is 0 Å². The number of carbonyl (C=O) groups excluding carboxylic acids is 1. The van der Waals surface area contributed by atoms with Crippen LogP contribution in [-0.2, 0) is 14.8 Å². The van der Waals surface area contributed by atoms with Gasteiger partial charge in [0.15, 0.2) is 0 Å². The number of hydrazone groups is 1. The molecule has 0 radical (unpaired) electrons. The lowest BCUT2D eigenvalue weighted by atomic mass is 9.97. The van der Waals surface area contributed by atoms with Crippen molar-refractivity contribution >= 4 is 49.4 Å². The maximum Gasteiger partial charge on any atom is 0.264 e. The van der Waals surface area contributed by atoms with Crippen molar-refractivity contribution in [3.63, 3.8) is 0 Å². The summed E-state index contributed by atoms with van der Waals surface area (Å²) in [4.78, 5) is 13.2. The molecule has 7 heteroatoms. The number of carbonyl (C=O) groups is 1. The lowest BCUT2D eigenvalue weighted by molar-refractivity contribution is -0.119. The molecular formula is C31H27N3O3S. The molecule has 0 aromatic heterocycles. The Hall–Kier alpha value is -4.49. The van der Waals surface area contributed by atoms with Gasteiger partial charge in [-0.25, -0.2) is 13.8 Å². The molecule has 0 aliphatic heterocycles. The fourth-order valence-corrected chi connectivity index (χ4v) is 6.08. The standard InChI is InChI=1S/C31H27N3O3S/c1-22-16-23(2)18-26(17-22)34(38(36,37)27-12-4-3-5-13-27)21-31(35)33-32-20-30-28-14-8-6-10-24(28)19-25-11-7-9-15-29(25)30/h3-20H,21H2,1-2H3,(H,33,35)/b32-20-. The Morgan fingerprint density at radius 3 is 1.95 bits per heavy atom. The third-order valence-electron chi connectivity index (χ3n) is 6.31. The van der Waals surface area contributed by atoms with E-state index in [0.717, 1.165) is 42.5 Å². The van der Waals surface area contributed by atoms with E-state index in [0.29, 0.717) is 5.69 Å². The second-order valence-corrected chi connectivity index (χ2v) is 11.1. The molecule has 5 aromatic carbocycles. The van der Waals surface area contributed by atoms with Crippen LogP contribution in [0.5, 0.6) is 0 Å². The Kier molecular flexibility index (Phi) is 6.94. The number of anilines is 1. The summed E-state index contributed by atoms with van der Waals surface area (Å²) in [7, 11) is -4.00. The third kappa shape index (κ3) is 5.14. The van der Waals surface area contributed by atoms with Crippen LogP contribution in [0.2, 0.25) is 0 Å². The summed E-state index contributed by atoms with van der Waals surface area (Å²) in [5, 5.41) is 8.37. The van der Waals surface area contributed by atoms with Crippen LogP contribution >= 0.6 is 0 Å². The van der Waals surface area contributed by atoms with Gasteiger partial charge in [-0.1, -0.05) is 72.8 Å². The Balaban J connectivity index is 1.46. The van der Waals surface area contributed by atoms with Gasteiger partial charge >= 0.3 is 0 Å². The Labute approximate surface area is 222 Å². The van der Waals surface area contributed by atoms with Gasteiger partial charge in [-0.3, -0.25) is 9.10 Å². The van der Waals surface area contributed by atoms with Gasteiger partial charge < -0.3 is 0 Å². The highest BCUT2D eigenvalue weighted by atomic mass is 32.2. The van der Waals surface area contributed by atoms with Gasteiger partial charge in [-0.15, -0.1) is 0 Å². The number of hydrogen-bond acceptors (Lipinski definition) is 4. The normalized spacial score (nSPS) is 11.7. The molecule has 0 heterocycles. The lowest BCUT2D eigenvalue weighted by Gasteiger charge is -2.24. The molecule has 1 amide bonds. The number of nitrogens with one attached hydrogen (secondary N) is 1. The quantitative estimate of drug-likeness (QED) is 0.163. The number of amides is 1. The van der Waals surface area contributed by atoms with Crippen molar-refractivity contribution in [2.45, 2.75) is 18.7 Å². The van der Waals surface area contributed by atoms with Crippen molar-refractivity contribution in [2.75, 3.05) is 10.8 Å². The Bertz CT molecular complexity index is 1710. The van der Waals surface area contributed by atoms with Gasteiger partial charge in [0, 0.05) is 5.56 Å². The number of aryl methyl sites for hydroxylation is 2. The molecule has 0 unspecified atom stereocenters. The van der Waals surface area contributed by atoms with Crippen LogP contribution in [-0.4, -0.2) is 27.1 Å². The fraction of sp³-hybridized carbons (Fsp3) is 0.0968. The average Bonchev–Trinajstić information content (AvgIpc) is 2.91. The number of hydrogen-bond donors (Lipinski definition) is 1. The van der Waals surface area contributed by atoms with Crippen LogP contribution in [0, 0.1) is 13.8 Å². The van der Waals surface area contributed by atoms with Crippen molar-refractivity contribution in [1.82, 2.24) is 5.43 Å². The molecule has 0 spiro atoms. The van der Waals surface area contributed by atoms with Crippen molar-refractivity contribution in [1.29, 1.82) is 0 Å². The van der Waals surface area contributed by atoms with Crippen LogP contribution in [0.15, 0.2) is 113 Å². The molecule has 0 aliphatic rings. The van der Waals surface area contributed by atoms with E-state index in [4.69, 9.17) is 0 Å². The van der Waals surface area contributed by atoms with Crippen molar-refractivity contribution < 1.29 is 13.2 Å². The number of rotatable bonds is 7. The summed E-state index contributed by atoms with van der Waals surface area (Å²) in [6.07, 6.45) is 1.62. The molecule has 0 bridgehead atoms. The Morgan fingerprint density at radius 2 is 1.34 bits per heavy atom. The molecule has 190 valence electrons. The van der Waals surface area contributed by atoms with Crippen LogP contribution in [0.25, 0.3) is 21.5 Å². The maximum atomic E-state index is 13.6. The van der Waals surface area contributed by atoms with E-state index < -0.39 is 22.5 Å². The maximum absolute atomic E-state index is 13.6. The second-order valence-electron chi connectivity index (χ2n) is 9.20. The van der Waals surface area contributed by atoms with Gasteiger partial charge in [-0.2, -0.15) is 5.10 Å². The van der Waals surface area contributed by atoms with Crippen LogP contribution in [0.3, 0.4) is 0 Å². The predicted molar refractivity (Wildman–Crippen MR) is 154 cm³/mol. The molecule has 6 nitrogen and oxygen atoms in total. The smallest absolute Gasteiger partial charge is 0.264 e. The topological polar surface area (TPSA) is 78.8 Å². The van der Waals surface area contributed by atoms with E-state index in [1.165, 1.54) is 12.1 Å². The highest BCUT2D eigenvalue weighted by Crippen LogP contribution is 2.28. The Morgan fingerprint density at radius 1 is 0.789 bits per heavy atom. The molecule has 38 heavy (non-hydrogen) atoms. The minimum atomic E-state index is -4.00. The monoisotopic (exact) mass is 521 g/mol. The van der Waals surface area contributed by atoms with Crippen LogP contribution in [0.1, 0.15) is 16.7 Å². The first kappa shape index (κ1) is 25.2. The molecule has 5 rings (SSSR count). The first-order valence-corrected chi connectivity index (χ1v) is 13.7. The summed E-state index contributed by atoms with van der Waals surface area (Å²) in [5.41, 5.74) is 5.63. The number of sulfonamides is 1.